The summed E-state index contributed by atoms with van der Waals surface area (Å²) in [5.74, 6) is 5.20. The topological polar surface area (TPSA) is 12.0 Å². The number of rotatable bonds is 4. The quantitative estimate of drug-likeness (QED) is 0.731. The lowest BCUT2D eigenvalue weighted by Crippen LogP contribution is -2.52. The zero-order valence-electron chi connectivity index (χ0n) is 11.4. The van der Waals surface area contributed by atoms with Gasteiger partial charge in [0.05, 0.1) is 0 Å². The second-order valence-corrected chi connectivity index (χ2v) is 7.06. The zero-order chi connectivity index (χ0) is 12.0. The van der Waals surface area contributed by atoms with Crippen molar-refractivity contribution in [3.8, 4) is 0 Å². The molecule has 17 heavy (non-hydrogen) atoms. The van der Waals surface area contributed by atoms with Gasteiger partial charge in [-0.05, 0) is 82.1 Å². The first kappa shape index (κ1) is 11.8. The van der Waals surface area contributed by atoms with Crippen LogP contribution in [0.2, 0.25) is 0 Å². The Morgan fingerprint density at radius 3 is 2.06 bits per heavy atom. The molecule has 4 bridgehead atoms. The Hall–Kier alpha value is -0.300. The highest BCUT2D eigenvalue weighted by Gasteiger charge is 2.50. The smallest absolute Gasteiger partial charge is 0.0135 e. The largest absolute Gasteiger partial charge is 0.316 e. The normalized spacial score (nSPS) is 44.9. The lowest BCUT2D eigenvalue weighted by atomic mass is 9.50. The SMILES string of the molecule is C=C(C)CC(NC)C1C2CC3CC(C2)CC1C3. The Morgan fingerprint density at radius 2 is 1.65 bits per heavy atom. The minimum atomic E-state index is 0.697. The van der Waals surface area contributed by atoms with Gasteiger partial charge in [-0.1, -0.05) is 5.57 Å². The highest BCUT2D eigenvalue weighted by atomic mass is 14.9. The van der Waals surface area contributed by atoms with E-state index in [0.29, 0.717) is 6.04 Å². The van der Waals surface area contributed by atoms with Crippen LogP contribution in [0.1, 0.15) is 45.4 Å². The molecule has 0 spiro atoms. The molecule has 1 nitrogen and oxygen atoms in total. The van der Waals surface area contributed by atoms with Gasteiger partial charge in [-0.3, -0.25) is 0 Å². The van der Waals surface area contributed by atoms with Crippen LogP contribution in [0.3, 0.4) is 0 Å². The van der Waals surface area contributed by atoms with Crippen molar-refractivity contribution >= 4 is 0 Å². The summed E-state index contributed by atoms with van der Waals surface area (Å²) in [6, 6.07) is 0.697. The molecule has 0 heterocycles. The fourth-order valence-electron chi connectivity index (χ4n) is 5.43. The molecule has 1 atom stereocenters. The van der Waals surface area contributed by atoms with Crippen molar-refractivity contribution in [2.75, 3.05) is 7.05 Å². The average Bonchev–Trinajstić information content (AvgIpc) is 2.25. The molecule has 0 saturated heterocycles. The van der Waals surface area contributed by atoms with Gasteiger partial charge in [0.2, 0.25) is 0 Å². The molecule has 0 aromatic carbocycles. The minimum Gasteiger partial charge on any atom is -0.316 e. The maximum absolute atomic E-state index is 4.12. The van der Waals surface area contributed by atoms with Gasteiger partial charge in [0.15, 0.2) is 0 Å². The van der Waals surface area contributed by atoms with Gasteiger partial charge in [0, 0.05) is 6.04 Å². The molecular formula is C16H27N. The molecule has 4 aliphatic carbocycles. The molecule has 4 fully saturated rings. The summed E-state index contributed by atoms with van der Waals surface area (Å²) >= 11 is 0. The summed E-state index contributed by atoms with van der Waals surface area (Å²) in [4.78, 5) is 0. The molecule has 0 aromatic rings. The molecule has 4 aliphatic rings. The van der Waals surface area contributed by atoms with E-state index in [1.54, 1.807) is 6.42 Å². The molecule has 1 unspecified atom stereocenters. The maximum atomic E-state index is 4.12. The Bertz CT molecular complexity index is 279. The van der Waals surface area contributed by atoms with Crippen LogP contribution in [0, 0.1) is 29.6 Å². The van der Waals surface area contributed by atoms with Crippen molar-refractivity contribution in [2.24, 2.45) is 29.6 Å². The predicted octanol–water partition coefficient (Wildman–Crippen LogP) is 3.61. The van der Waals surface area contributed by atoms with Crippen molar-refractivity contribution in [3.05, 3.63) is 12.2 Å². The van der Waals surface area contributed by atoms with Gasteiger partial charge in [0.25, 0.3) is 0 Å². The van der Waals surface area contributed by atoms with Crippen LogP contribution in [0.25, 0.3) is 0 Å². The Morgan fingerprint density at radius 1 is 1.12 bits per heavy atom. The molecule has 0 radical (unpaired) electrons. The lowest BCUT2D eigenvalue weighted by molar-refractivity contribution is -0.0507. The Labute approximate surface area is 106 Å². The average molecular weight is 233 g/mol. The van der Waals surface area contributed by atoms with Crippen LogP contribution in [0.4, 0.5) is 0 Å². The van der Waals surface area contributed by atoms with E-state index in [0.717, 1.165) is 29.6 Å². The summed E-state index contributed by atoms with van der Waals surface area (Å²) in [5, 5.41) is 3.60. The molecule has 96 valence electrons. The minimum absolute atomic E-state index is 0.697. The molecular weight excluding hydrogens is 206 g/mol. The summed E-state index contributed by atoms with van der Waals surface area (Å²) in [5.41, 5.74) is 1.35. The van der Waals surface area contributed by atoms with Crippen LogP contribution in [-0.2, 0) is 0 Å². The number of hydrogen-bond donors (Lipinski definition) is 1. The van der Waals surface area contributed by atoms with Crippen LogP contribution >= 0.6 is 0 Å². The lowest BCUT2D eigenvalue weighted by Gasteiger charge is -2.56. The van der Waals surface area contributed by atoms with Crippen LogP contribution in [0.15, 0.2) is 12.2 Å². The second-order valence-electron chi connectivity index (χ2n) is 7.06. The second kappa shape index (κ2) is 4.42. The van der Waals surface area contributed by atoms with Crippen LogP contribution in [-0.4, -0.2) is 13.1 Å². The monoisotopic (exact) mass is 233 g/mol. The van der Waals surface area contributed by atoms with E-state index in [1.807, 2.05) is 0 Å². The standard InChI is InChI=1S/C16H27N/c1-10(2)4-15(17-3)16-13-6-11-5-12(8-13)9-14(16)7-11/h11-17H,1,4-9H2,2-3H3. The van der Waals surface area contributed by atoms with Gasteiger partial charge in [-0.2, -0.15) is 0 Å². The number of hydrogen-bond acceptors (Lipinski definition) is 1. The molecule has 0 aromatic heterocycles. The third kappa shape index (κ3) is 2.07. The first-order valence-electron chi connectivity index (χ1n) is 7.49. The van der Waals surface area contributed by atoms with Gasteiger partial charge in [-0.15, -0.1) is 6.58 Å². The van der Waals surface area contributed by atoms with Gasteiger partial charge >= 0.3 is 0 Å². The molecule has 0 amide bonds. The van der Waals surface area contributed by atoms with Crippen molar-refractivity contribution in [1.29, 1.82) is 0 Å². The van der Waals surface area contributed by atoms with Gasteiger partial charge in [0.1, 0.15) is 0 Å². The molecule has 4 rings (SSSR count). The van der Waals surface area contributed by atoms with E-state index in [4.69, 9.17) is 0 Å². The van der Waals surface area contributed by atoms with Crippen molar-refractivity contribution in [3.63, 3.8) is 0 Å². The molecule has 4 saturated carbocycles. The Balaban J connectivity index is 1.76. The highest BCUT2D eigenvalue weighted by Crippen LogP contribution is 2.57. The fourth-order valence-corrected chi connectivity index (χ4v) is 5.43. The van der Waals surface area contributed by atoms with Crippen molar-refractivity contribution < 1.29 is 0 Å². The molecule has 0 aliphatic heterocycles. The summed E-state index contributed by atoms with van der Waals surface area (Å²) < 4.78 is 0. The van der Waals surface area contributed by atoms with Crippen molar-refractivity contribution in [2.45, 2.75) is 51.5 Å². The number of nitrogens with one attached hydrogen (secondary N) is 1. The summed E-state index contributed by atoms with van der Waals surface area (Å²) in [6.45, 7) is 6.30. The maximum Gasteiger partial charge on any atom is 0.0135 e. The summed E-state index contributed by atoms with van der Waals surface area (Å²) in [7, 11) is 2.15. The first-order valence-corrected chi connectivity index (χ1v) is 7.49. The predicted molar refractivity (Wildman–Crippen MR) is 72.8 cm³/mol. The third-order valence-electron chi connectivity index (χ3n) is 5.70. The Kier molecular flexibility index (Phi) is 3.06. The van der Waals surface area contributed by atoms with Crippen molar-refractivity contribution in [1.82, 2.24) is 5.32 Å². The van der Waals surface area contributed by atoms with Crippen LogP contribution < -0.4 is 5.32 Å². The van der Waals surface area contributed by atoms with E-state index < -0.39 is 0 Å². The first-order chi connectivity index (χ1) is 8.17. The van der Waals surface area contributed by atoms with E-state index in [2.05, 4.69) is 25.9 Å². The zero-order valence-corrected chi connectivity index (χ0v) is 11.4. The molecule has 1 heteroatoms. The van der Waals surface area contributed by atoms with Gasteiger partial charge in [-0.25, -0.2) is 0 Å². The highest BCUT2D eigenvalue weighted by molar-refractivity contribution is 5.04. The molecule has 1 N–H and O–H groups in total. The van der Waals surface area contributed by atoms with E-state index in [9.17, 15) is 0 Å². The van der Waals surface area contributed by atoms with E-state index in [1.165, 1.54) is 37.7 Å². The van der Waals surface area contributed by atoms with Crippen LogP contribution in [0.5, 0.6) is 0 Å². The van der Waals surface area contributed by atoms with Gasteiger partial charge < -0.3 is 5.32 Å². The summed E-state index contributed by atoms with van der Waals surface area (Å²) in [6.07, 6.45) is 8.88. The van der Waals surface area contributed by atoms with E-state index >= 15 is 0 Å². The van der Waals surface area contributed by atoms with E-state index in [-0.39, 0.29) is 0 Å². The third-order valence-corrected chi connectivity index (χ3v) is 5.70. The fraction of sp³-hybridized carbons (Fsp3) is 0.875.